The molecule has 0 aromatic rings. The van der Waals surface area contributed by atoms with E-state index in [1.54, 1.807) is 0 Å². The Morgan fingerprint density at radius 3 is 0.429 bits per heavy atom. The van der Waals surface area contributed by atoms with Crippen LogP contribution in [0.1, 0.15) is 0 Å². The summed E-state index contributed by atoms with van der Waals surface area (Å²) in [6.45, 7) is 0. The molecule has 0 rings (SSSR count). The van der Waals surface area contributed by atoms with E-state index < -0.39 is 0 Å². The summed E-state index contributed by atoms with van der Waals surface area (Å²) in [5, 5.41) is 0. The van der Waals surface area contributed by atoms with E-state index in [0.29, 0.717) is 0 Å². The van der Waals surface area contributed by atoms with Gasteiger partial charge in [-0.15, -0.1) is 0 Å². The SMILES string of the molecule is N.N.N.[Cl-].[Cl-].[Cl-].[Ir+3]. The van der Waals surface area contributed by atoms with Crippen LogP contribution in [0, 0.1) is 0 Å². The van der Waals surface area contributed by atoms with Gasteiger partial charge < -0.3 is 55.7 Å². The van der Waals surface area contributed by atoms with Crippen LogP contribution >= 0.6 is 0 Å². The Bertz CT molecular complexity index is 10.1. The summed E-state index contributed by atoms with van der Waals surface area (Å²) in [6.07, 6.45) is 0. The Labute approximate surface area is 75.7 Å². The van der Waals surface area contributed by atoms with Gasteiger partial charge in [0, 0.05) is 0 Å². The summed E-state index contributed by atoms with van der Waals surface area (Å²) in [5.74, 6) is 0. The second-order valence-electron chi connectivity index (χ2n) is 0. The molecule has 0 heterocycles. The molecular formula is H9Cl3IrN3. The first-order valence-corrected chi connectivity index (χ1v) is 0. The van der Waals surface area contributed by atoms with Gasteiger partial charge >= 0.3 is 20.1 Å². The van der Waals surface area contributed by atoms with Crippen LogP contribution < -0.4 is 55.7 Å². The monoisotopic (exact) mass is 349 g/mol. The second-order valence-corrected chi connectivity index (χ2v) is 0. The van der Waals surface area contributed by atoms with Gasteiger partial charge in [-0.25, -0.2) is 0 Å². The van der Waals surface area contributed by atoms with Gasteiger partial charge in [0.15, 0.2) is 0 Å². The minimum Gasteiger partial charge on any atom is -1.00 e. The van der Waals surface area contributed by atoms with Crippen LogP contribution in [0.5, 0.6) is 0 Å². The smallest absolute Gasteiger partial charge is 1.00 e. The zero-order valence-electron chi connectivity index (χ0n) is 3.59. The molecule has 0 aromatic carbocycles. The van der Waals surface area contributed by atoms with E-state index in [9.17, 15) is 0 Å². The summed E-state index contributed by atoms with van der Waals surface area (Å²) in [5.41, 5.74) is 0. The third kappa shape index (κ3) is 110. The Balaban J connectivity index is 0. The van der Waals surface area contributed by atoms with Crippen LogP contribution in [-0.4, -0.2) is 0 Å². The molecule has 9 N–H and O–H groups in total. The van der Waals surface area contributed by atoms with Gasteiger partial charge in [0.25, 0.3) is 0 Å². The summed E-state index contributed by atoms with van der Waals surface area (Å²) in [4.78, 5) is 0. The molecule has 0 amide bonds. The van der Waals surface area contributed by atoms with Crippen molar-refractivity contribution in [3.05, 3.63) is 0 Å². The molecule has 0 fully saturated rings. The number of halogens is 3. The van der Waals surface area contributed by atoms with Crippen molar-refractivity contribution in [2.45, 2.75) is 0 Å². The Hall–Kier alpha value is 1.40. The number of hydrogen-bond donors (Lipinski definition) is 3. The fourth-order valence-corrected chi connectivity index (χ4v) is 0. The van der Waals surface area contributed by atoms with Crippen molar-refractivity contribution in [2.75, 3.05) is 0 Å². The molecule has 0 saturated heterocycles. The van der Waals surface area contributed by atoms with E-state index in [2.05, 4.69) is 0 Å². The van der Waals surface area contributed by atoms with Crippen molar-refractivity contribution in [1.29, 1.82) is 0 Å². The molecule has 0 aromatic heterocycles. The standard InChI is InChI=1S/3ClH.Ir.3H3N/h3*1H;;3*1H3/q;;;+3;;;/p-3. The summed E-state index contributed by atoms with van der Waals surface area (Å²) >= 11 is 0. The fourth-order valence-electron chi connectivity index (χ4n) is 0. The van der Waals surface area contributed by atoms with Crippen LogP contribution in [0.25, 0.3) is 0 Å². The molecule has 3 nitrogen and oxygen atoms in total. The predicted molar refractivity (Wildman–Crippen MR) is 15.1 cm³/mol. The molecular weight excluding hydrogens is 341 g/mol. The van der Waals surface area contributed by atoms with Crippen LogP contribution in [0.2, 0.25) is 0 Å². The molecule has 0 spiro atoms. The minimum absolute atomic E-state index is 0. The van der Waals surface area contributed by atoms with Gasteiger partial charge in [-0.1, -0.05) is 0 Å². The van der Waals surface area contributed by atoms with Crippen LogP contribution in [0.4, 0.5) is 0 Å². The van der Waals surface area contributed by atoms with Gasteiger partial charge in [0.2, 0.25) is 0 Å². The maximum absolute atomic E-state index is 0. The predicted octanol–water partition coefficient (Wildman–Crippen LogP) is -8.50. The Kier molecular flexibility index (Phi) is 5190. The maximum atomic E-state index is 0. The van der Waals surface area contributed by atoms with Crippen molar-refractivity contribution in [3.8, 4) is 0 Å². The molecule has 0 saturated carbocycles. The van der Waals surface area contributed by atoms with Gasteiger partial charge in [-0.3, -0.25) is 0 Å². The largest absolute Gasteiger partial charge is 3.00 e. The van der Waals surface area contributed by atoms with Gasteiger partial charge in [0.05, 0.1) is 0 Å². The van der Waals surface area contributed by atoms with Crippen molar-refractivity contribution in [1.82, 2.24) is 18.5 Å². The summed E-state index contributed by atoms with van der Waals surface area (Å²) in [6, 6.07) is 0. The van der Waals surface area contributed by atoms with E-state index in [1.165, 1.54) is 0 Å². The van der Waals surface area contributed by atoms with Crippen molar-refractivity contribution in [3.63, 3.8) is 0 Å². The van der Waals surface area contributed by atoms with Gasteiger partial charge in [0.1, 0.15) is 0 Å². The van der Waals surface area contributed by atoms with Gasteiger partial charge in [-0.05, 0) is 0 Å². The van der Waals surface area contributed by atoms with Crippen LogP contribution in [0.3, 0.4) is 0 Å². The molecule has 0 aliphatic rings. The molecule has 0 unspecified atom stereocenters. The van der Waals surface area contributed by atoms with Crippen molar-refractivity contribution >= 4 is 0 Å². The molecule has 0 atom stereocenters. The minimum atomic E-state index is 0. The molecule has 7 heavy (non-hydrogen) atoms. The molecule has 0 radical (unpaired) electrons. The molecule has 7 heteroatoms. The van der Waals surface area contributed by atoms with Gasteiger partial charge in [-0.2, -0.15) is 0 Å². The number of hydrogen-bond acceptors (Lipinski definition) is 3. The molecule has 0 aliphatic carbocycles. The van der Waals surface area contributed by atoms with E-state index in [1.807, 2.05) is 0 Å². The van der Waals surface area contributed by atoms with Crippen LogP contribution in [0.15, 0.2) is 0 Å². The summed E-state index contributed by atoms with van der Waals surface area (Å²) < 4.78 is 0. The second kappa shape index (κ2) is 155. The third-order valence-electron chi connectivity index (χ3n) is 0. The van der Waals surface area contributed by atoms with Crippen LogP contribution in [-0.2, 0) is 20.1 Å². The molecule has 54 valence electrons. The normalized spacial score (nSPS) is 0. The van der Waals surface area contributed by atoms with E-state index in [-0.39, 0.29) is 75.8 Å². The van der Waals surface area contributed by atoms with E-state index >= 15 is 0 Å². The van der Waals surface area contributed by atoms with Crippen molar-refractivity contribution in [2.24, 2.45) is 0 Å². The Morgan fingerprint density at radius 2 is 0.429 bits per heavy atom. The topological polar surface area (TPSA) is 105 Å². The average Bonchev–Trinajstić information content (AvgIpc) is 0. The number of rotatable bonds is 0. The maximum Gasteiger partial charge on any atom is 3.00 e. The van der Waals surface area contributed by atoms with Crippen molar-refractivity contribution < 1.29 is 57.3 Å². The zero-order valence-corrected chi connectivity index (χ0v) is 8.25. The summed E-state index contributed by atoms with van der Waals surface area (Å²) in [7, 11) is 0. The first kappa shape index (κ1) is 235. The molecule has 0 aliphatic heterocycles. The first-order chi connectivity index (χ1) is 0. The zero-order chi connectivity index (χ0) is 0. The van der Waals surface area contributed by atoms with E-state index in [0.717, 1.165) is 0 Å². The van der Waals surface area contributed by atoms with E-state index in [4.69, 9.17) is 0 Å². The quantitative estimate of drug-likeness (QED) is 0.404. The third-order valence-corrected chi connectivity index (χ3v) is 0. The average molecular weight is 350 g/mol. The molecule has 0 bridgehead atoms. The fraction of sp³-hybridized carbons (Fsp3) is 0. The first-order valence-electron chi connectivity index (χ1n) is 0. The Morgan fingerprint density at radius 1 is 0.429 bits per heavy atom.